The molecule has 0 saturated carbocycles. The van der Waals surface area contributed by atoms with Gasteiger partial charge in [0.25, 0.3) is 0 Å². The lowest BCUT2D eigenvalue weighted by molar-refractivity contribution is 0.180. The number of hydrogen-bond donors (Lipinski definition) is 1. The molecule has 0 spiro atoms. The third kappa shape index (κ3) is 3.01. The number of aryl methyl sites for hydroxylation is 1. The van der Waals surface area contributed by atoms with Gasteiger partial charge in [0.2, 0.25) is 0 Å². The van der Waals surface area contributed by atoms with Crippen molar-refractivity contribution in [2.45, 2.75) is 25.3 Å². The number of rotatable bonds is 4. The zero-order chi connectivity index (χ0) is 10.5. The molecule has 0 amide bonds. The molecule has 0 aromatic carbocycles. The molecule has 1 aliphatic rings. The highest BCUT2D eigenvalue weighted by atomic mass is 16.5. The van der Waals surface area contributed by atoms with Crippen LogP contribution < -0.4 is 5.73 Å². The van der Waals surface area contributed by atoms with Crippen molar-refractivity contribution >= 4 is 0 Å². The first-order chi connectivity index (χ1) is 7.36. The van der Waals surface area contributed by atoms with Crippen molar-refractivity contribution in [3.05, 3.63) is 30.1 Å². The summed E-state index contributed by atoms with van der Waals surface area (Å²) in [7, 11) is 0. The van der Waals surface area contributed by atoms with E-state index in [4.69, 9.17) is 10.5 Å². The van der Waals surface area contributed by atoms with Crippen LogP contribution in [-0.4, -0.2) is 24.2 Å². The summed E-state index contributed by atoms with van der Waals surface area (Å²) in [5, 5.41) is 0. The SMILES string of the molecule is NC(CCc1ccncc1)C1CCOC1. The maximum atomic E-state index is 6.13. The summed E-state index contributed by atoms with van der Waals surface area (Å²) < 4.78 is 5.34. The van der Waals surface area contributed by atoms with Gasteiger partial charge in [-0.15, -0.1) is 0 Å². The van der Waals surface area contributed by atoms with Crippen LogP contribution in [0.5, 0.6) is 0 Å². The number of nitrogens with zero attached hydrogens (tertiary/aromatic N) is 1. The molecule has 82 valence electrons. The standard InChI is InChI=1S/C12H18N2O/c13-12(11-5-8-15-9-11)2-1-10-3-6-14-7-4-10/h3-4,6-7,11-12H,1-2,5,8-9,13H2. The molecule has 1 fully saturated rings. The van der Waals surface area contributed by atoms with Gasteiger partial charge in [0, 0.05) is 25.0 Å². The van der Waals surface area contributed by atoms with Gasteiger partial charge in [0.1, 0.15) is 0 Å². The van der Waals surface area contributed by atoms with E-state index in [0.717, 1.165) is 32.5 Å². The van der Waals surface area contributed by atoms with Crippen molar-refractivity contribution in [1.82, 2.24) is 4.98 Å². The highest BCUT2D eigenvalue weighted by Gasteiger charge is 2.22. The lowest BCUT2D eigenvalue weighted by atomic mass is 9.94. The monoisotopic (exact) mass is 206 g/mol. The lowest BCUT2D eigenvalue weighted by Crippen LogP contribution is -2.30. The average molecular weight is 206 g/mol. The molecule has 15 heavy (non-hydrogen) atoms. The molecule has 2 atom stereocenters. The van der Waals surface area contributed by atoms with Crippen LogP contribution in [0.15, 0.2) is 24.5 Å². The second-order valence-electron chi connectivity index (χ2n) is 4.18. The number of hydrogen-bond acceptors (Lipinski definition) is 3. The largest absolute Gasteiger partial charge is 0.381 e. The van der Waals surface area contributed by atoms with Crippen LogP contribution in [0.4, 0.5) is 0 Å². The molecule has 0 aliphatic carbocycles. The summed E-state index contributed by atoms with van der Waals surface area (Å²) in [6, 6.07) is 4.39. The number of pyridine rings is 1. The van der Waals surface area contributed by atoms with Crippen LogP contribution in [-0.2, 0) is 11.2 Å². The molecule has 2 rings (SSSR count). The van der Waals surface area contributed by atoms with Crippen molar-refractivity contribution in [2.24, 2.45) is 11.7 Å². The van der Waals surface area contributed by atoms with E-state index in [1.54, 1.807) is 0 Å². The van der Waals surface area contributed by atoms with Crippen LogP contribution in [0.2, 0.25) is 0 Å². The van der Waals surface area contributed by atoms with Gasteiger partial charge in [-0.1, -0.05) is 0 Å². The molecule has 1 aromatic heterocycles. The molecule has 1 saturated heterocycles. The van der Waals surface area contributed by atoms with Crippen LogP contribution in [0.1, 0.15) is 18.4 Å². The molecule has 1 aromatic rings. The molecule has 1 aliphatic heterocycles. The fourth-order valence-corrected chi connectivity index (χ4v) is 2.01. The molecular weight excluding hydrogens is 188 g/mol. The third-order valence-electron chi connectivity index (χ3n) is 3.09. The van der Waals surface area contributed by atoms with Crippen LogP contribution >= 0.6 is 0 Å². The minimum absolute atomic E-state index is 0.278. The normalized spacial score (nSPS) is 22.9. The van der Waals surface area contributed by atoms with Gasteiger partial charge in [-0.25, -0.2) is 0 Å². The van der Waals surface area contributed by atoms with Gasteiger partial charge in [0.15, 0.2) is 0 Å². The van der Waals surface area contributed by atoms with E-state index in [-0.39, 0.29) is 6.04 Å². The predicted octanol–water partition coefficient (Wildman–Crippen LogP) is 1.38. The first-order valence-corrected chi connectivity index (χ1v) is 5.58. The molecule has 3 heteroatoms. The van der Waals surface area contributed by atoms with E-state index in [9.17, 15) is 0 Å². The molecular formula is C12H18N2O. The fraction of sp³-hybridized carbons (Fsp3) is 0.583. The smallest absolute Gasteiger partial charge is 0.0509 e. The summed E-state index contributed by atoms with van der Waals surface area (Å²) >= 11 is 0. The Bertz CT molecular complexity index is 283. The maximum absolute atomic E-state index is 6.13. The van der Waals surface area contributed by atoms with Gasteiger partial charge in [0.05, 0.1) is 6.61 Å². The number of aromatic nitrogens is 1. The minimum atomic E-state index is 0.278. The van der Waals surface area contributed by atoms with Crippen LogP contribution in [0.3, 0.4) is 0 Å². The summed E-state index contributed by atoms with van der Waals surface area (Å²) in [5.41, 5.74) is 7.45. The molecule has 2 unspecified atom stereocenters. The molecule has 2 N–H and O–H groups in total. The zero-order valence-electron chi connectivity index (χ0n) is 8.93. The Kier molecular flexibility index (Phi) is 3.69. The first-order valence-electron chi connectivity index (χ1n) is 5.58. The Labute approximate surface area is 90.7 Å². The highest BCUT2D eigenvalue weighted by molar-refractivity contribution is 5.09. The molecule has 2 heterocycles. The van der Waals surface area contributed by atoms with Crippen LogP contribution in [0, 0.1) is 5.92 Å². The summed E-state index contributed by atoms with van der Waals surface area (Å²) in [6.45, 7) is 1.73. The van der Waals surface area contributed by atoms with Gasteiger partial charge in [-0.3, -0.25) is 4.98 Å². The number of nitrogens with two attached hydrogens (primary N) is 1. The van der Waals surface area contributed by atoms with Crippen molar-refractivity contribution in [3.8, 4) is 0 Å². The summed E-state index contributed by atoms with van der Waals surface area (Å²) in [5.74, 6) is 0.562. The molecule has 0 radical (unpaired) electrons. The van der Waals surface area contributed by atoms with E-state index in [1.807, 2.05) is 12.4 Å². The maximum Gasteiger partial charge on any atom is 0.0509 e. The van der Waals surface area contributed by atoms with Gasteiger partial charge < -0.3 is 10.5 Å². The zero-order valence-corrected chi connectivity index (χ0v) is 8.93. The van der Waals surface area contributed by atoms with E-state index in [0.29, 0.717) is 5.92 Å². The lowest BCUT2D eigenvalue weighted by Gasteiger charge is -2.17. The third-order valence-corrected chi connectivity index (χ3v) is 3.09. The Morgan fingerprint density at radius 1 is 1.47 bits per heavy atom. The Hall–Kier alpha value is -0.930. The van der Waals surface area contributed by atoms with Crippen molar-refractivity contribution in [2.75, 3.05) is 13.2 Å². The topological polar surface area (TPSA) is 48.1 Å². The Balaban J connectivity index is 1.77. The predicted molar refractivity (Wildman–Crippen MR) is 59.5 cm³/mol. The highest BCUT2D eigenvalue weighted by Crippen LogP contribution is 2.18. The van der Waals surface area contributed by atoms with E-state index >= 15 is 0 Å². The van der Waals surface area contributed by atoms with Crippen molar-refractivity contribution in [3.63, 3.8) is 0 Å². The van der Waals surface area contributed by atoms with Crippen molar-refractivity contribution < 1.29 is 4.74 Å². The number of ether oxygens (including phenoxy) is 1. The second-order valence-corrected chi connectivity index (χ2v) is 4.18. The van der Waals surface area contributed by atoms with Gasteiger partial charge >= 0.3 is 0 Å². The quantitative estimate of drug-likeness (QED) is 0.809. The summed E-state index contributed by atoms with van der Waals surface area (Å²) in [6.07, 6.45) is 6.87. The van der Waals surface area contributed by atoms with Crippen molar-refractivity contribution in [1.29, 1.82) is 0 Å². The Morgan fingerprint density at radius 2 is 2.27 bits per heavy atom. The van der Waals surface area contributed by atoms with Gasteiger partial charge in [-0.2, -0.15) is 0 Å². The van der Waals surface area contributed by atoms with Crippen LogP contribution in [0.25, 0.3) is 0 Å². The Morgan fingerprint density at radius 3 is 2.93 bits per heavy atom. The molecule has 0 bridgehead atoms. The second kappa shape index (κ2) is 5.24. The average Bonchev–Trinajstić information content (AvgIpc) is 2.81. The minimum Gasteiger partial charge on any atom is -0.381 e. The van der Waals surface area contributed by atoms with Gasteiger partial charge in [-0.05, 0) is 42.9 Å². The molecule has 3 nitrogen and oxygen atoms in total. The van der Waals surface area contributed by atoms with E-state index in [2.05, 4.69) is 17.1 Å². The first kappa shape index (κ1) is 10.6. The van der Waals surface area contributed by atoms with E-state index < -0.39 is 0 Å². The fourth-order valence-electron chi connectivity index (χ4n) is 2.01. The van der Waals surface area contributed by atoms with E-state index in [1.165, 1.54) is 5.56 Å². The summed E-state index contributed by atoms with van der Waals surface area (Å²) in [4.78, 5) is 4.00.